The number of carboxylic acid groups (broad SMARTS) is 1. The van der Waals surface area contributed by atoms with E-state index in [1.165, 1.54) is 12.4 Å². The highest BCUT2D eigenvalue weighted by Crippen LogP contribution is 2.08. The van der Waals surface area contributed by atoms with E-state index in [1.807, 2.05) is 0 Å². The van der Waals surface area contributed by atoms with Crippen molar-refractivity contribution in [2.24, 2.45) is 0 Å². The van der Waals surface area contributed by atoms with E-state index >= 15 is 0 Å². The first kappa shape index (κ1) is 12.6. The lowest BCUT2D eigenvalue weighted by atomic mass is 10.2. The van der Waals surface area contributed by atoms with E-state index < -0.39 is 17.6 Å². The third-order valence-corrected chi connectivity index (χ3v) is 2.11. The van der Waals surface area contributed by atoms with Gasteiger partial charge in [0.05, 0.1) is 11.1 Å². The molecule has 2 aromatic rings. The second-order valence-electron chi connectivity index (χ2n) is 3.47. The molecule has 0 spiro atoms. The second-order valence-corrected chi connectivity index (χ2v) is 3.47. The highest BCUT2D eigenvalue weighted by Gasteiger charge is 2.04. The molecule has 0 aliphatic carbocycles. The van der Waals surface area contributed by atoms with Crippen molar-refractivity contribution in [1.29, 1.82) is 0 Å². The summed E-state index contributed by atoms with van der Waals surface area (Å²) in [5.41, 5.74) is 0.205. The van der Waals surface area contributed by atoms with Crippen molar-refractivity contribution >= 4 is 5.97 Å². The lowest BCUT2D eigenvalue weighted by molar-refractivity contribution is 0.0683. The lowest BCUT2D eigenvalue weighted by Crippen LogP contribution is -2.03. The number of hydrogen-bond acceptors (Lipinski definition) is 3. The first-order valence-electron chi connectivity index (χ1n) is 5.08. The average molecular weight is 260 g/mol. The Morgan fingerprint density at radius 2 is 1.84 bits per heavy atom. The number of halogens is 2. The van der Waals surface area contributed by atoms with Crippen LogP contribution in [0, 0.1) is 23.5 Å². The summed E-state index contributed by atoms with van der Waals surface area (Å²) in [5.74, 6) is 2.10. The fourth-order valence-electron chi connectivity index (χ4n) is 1.24. The van der Waals surface area contributed by atoms with Crippen molar-refractivity contribution in [3.63, 3.8) is 0 Å². The maximum atomic E-state index is 13.3. The first-order valence-corrected chi connectivity index (χ1v) is 5.08. The van der Waals surface area contributed by atoms with Gasteiger partial charge in [0.15, 0.2) is 0 Å². The normalized spacial score (nSPS) is 9.58. The molecule has 2 rings (SSSR count). The molecular weight excluding hydrogens is 254 g/mol. The molecule has 0 fully saturated rings. The van der Waals surface area contributed by atoms with Gasteiger partial charge < -0.3 is 5.11 Å². The molecular formula is C13H6F2N2O2. The molecule has 0 bridgehead atoms. The lowest BCUT2D eigenvalue weighted by Gasteiger charge is -1.94. The fraction of sp³-hybridized carbons (Fsp3) is 0. The van der Waals surface area contributed by atoms with Crippen molar-refractivity contribution in [3.05, 3.63) is 59.2 Å². The van der Waals surface area contributed by atoms with E-state index in [0.29, 0.717) is 5.56 Å². The molecule has 19 heavy (non-hydrogen) atoms. The SMILES string of the molecule is O=C(O)c1ncc(C#Cc2cc(F)ccc2F)cn1. The molecule has 0 aliphatic rings. The van der Waals surface area contributed by atoms with Crippen LogP contribution in [-0.4, -0.2) is 21.0 Å². The summed E-state index contributed by atoms with van der Waals surface area (Å²) in [7, 11) is 0. The van der Waals surface area contributed by atoms with Gasteiger partial charge >= 0.3 is 5.97 Å². The third kappa shape index (κ3) is 3.10. The van der Waals surface area contributed by atoms with Crippen molar-refractivity contribution in [1.82, 2.24) is 9.97 Å². The number of nitrogens with zero attached hydrogens (tertiary/aromatic N) is 2. The number of carbonyl (C=O) groups is 1. The second kappa shape index (κ2) is 5.23. The molecule has 94 valence electrons. The topological polar surface area (TPSA) is 63.1 Å². The standard InChI is InChI=1S/C13H6F2N2O2/c14-10-3-4-11(15)9(5-10)2-1-8-6-16-12(13(18)19)17-7-8/h3-7H,(H,18,19). The zero-order valence-electron chi connectivity index (χ0n) is 9.39. The summed E-state index contributed by atoms with van der Waals surface area (Å²) in [6, 6.07) is 2.93. The minimum atomic E-state index is -1.25. The number of aromatic carboxylic acids is 1. The summed E-state index contributed by atoms with van der Waals surface area (Å²) in [6.07, 6.45) is 2.39. The number of benzene rings is 1. The predicted octanol–water partition coefficient (Wildman–Crippen LogP) is 1.85. The quantitative estimate of drug-likeness (QED) is 0.795. The zero-order chi connectivity index (χ0) is 13.8. The Bertz CT molecular complexity index is 688. The van der Waals surface area contributed by atoms with Crippen LogP contribution < -0.4 is 0 Å². The largest absolute Gasteiger partial charge is 0.475 e. The first-order chi connectivity index (χ1) is 9.06. The van der Waals surface area contributed by atoms with E-state index in [0.717, 1.165) is 18.2 Å². The molecule has 1 aromatic carbocycles. The Morgan fingerprint density at radius 1 is 1.16 bits per heavy atom. The maximum absolute atomic E-state index is 13.3. The van der Waals surface area contributed by atoms with Gasteiger partial charge in [0, 0.05) is 12.4 Å². The van der Waals surface area contributed by atoms with Gasteiger partial charge in [-0.25, -0.2) is 23.5 Å². The molecule has 0 amide bonds. The molecule has 4 nitrogen and oxygen atoms in total. The molecule has 0 saturated carbocycles. The van der Waals surface area contributed by atoms with E-state index in [-0.39, 0.29) is 11.4 Å². The Labute approximate surface area is 106 Å². The zero-order valence-corrected chi connectivity index (χ0v) is 9.39. The van der Waals surface area contributed by atoms with Gasteiger partial charge in [-0.1, -0.05) is 11.8 Å². The highest BCUT2D eigenvalue weighted by atomic mass is 19.1. The predicted molar refractivity (Wildman–Crippen MR) is 61.3 cm³/mol. The van der Waals surface area contributed by atoms with Crippen LogP contribution in [0.3, 0.4) is 0 Å². The van der Waals surface area contributed by atoms with Crippen LogP contribution in [0.1, 0.15) is 21.7 Å². The minimum absolute atomic E-state index is 0.0951. The van der Waals surface area contributed by atoms with E-state index in [2.05, 4.69) is 21.8 Å². The number of hydrogen-bond donors (Lipinski definition) is 1. The van der Waals surface area contributed by atoms with Crippen molar-refractivity contribution in [3.8, 4) is 11.8 Å². The summed E-state index contributed by atoms with van der Waals surface area (Å²) < 4.78 is 26.2. The number of carboxylic acids is 1. The smallest absolute Gasteiger partial charge is 0.373 e. The molecule has 1 heterocycles. The monoisotopic (exact) mass is 260 g/mol. The molecule has 6 heteroatoms. The molecule has 0 saturated heterocycles. The molecule has 1 aromatic heterocycles. The average Bonchev–Trinajstić information content (AvgIpc) is 2.40. The van der Waals surface area contributed by atoms with Gasteiger partial charge in [0.2, 0.25) is 5.82 Å². The van der Waals surface area contributed by atoms with Gasteiger partial charge in [0.25, 0.3) is 0 Å². The van der Waals surface area contributed by atoms with Gasteiger partial charge in [-0.2, -0.15) is 0 Å². The van der Waals surface area contributed by atoms with E-state index in [1.54, 1.807) is 0 Å². The molecule has 0 aliphatic heterocycles. The molecule has 0 unspecified atom stereocenters. The third-order valence-electron chi connectivity index (χ3n) is 2.11. The van der Waals surface area contributed by atoms with Crippen LogP contribution in [0.25, 0.3) is 0 Å². The van der Waals surface area contributed by atoms with Crippen LogP contribution in [-0.2, 0) is 0 Å². The summed E-state index contributed by atoms with van der Waals surface area (Å²) >= 11 is 0. The van der Waals surface area contributed by atoms with Crippen molar-refractivity contribution < 1.29 is 18.7 Å². The van der Waals surface area contributed by atoms with Crippen LogP contribution in [0.2, 0.25) is 0 Å². The highest BCUT2D eigenvalue weighted by molar-refractivity contribution is 5.82. The summed E-state index contributed by atoms with van der Waals surface area (Å²) in [6.45, 7) is 0. The Morgan fingerprint density at radius 3 is 2.47 bits per heavy atom. The Balaban J connectivity index is 2.28. The minimum Gasteiger partial charge on any atom is -0.475 e. The van der Waals surface area contributed by atoms with Crippen LogP contribution in [0.5, 0.6) is 0 Å². The van der Waals surface area contributed by atoms with E-state index in [4.69, 9.17) is 5.11 Å². The van der Waals surface area contributed by atoms with Gasteiger partial charge in [-0.3, -0.25) is 0 Å². The van der Waals surface area contributed by atoms with Crippen LogP contribution >= 0.6 is 0 Å². The van der Waals surface area contributed by atoms with Crippen molar-refractivity contribution in [2.75, 3.05) is 0 Å². The van der Waals surface area contributed by atoms with Crippen LogP contribution in [0.15, 0.2) is 30.6 Å². The number of aromatic nitrogens is 2. The summed E-state index contributed by atoms with van der Waals surface area (Å²) in [4.78, 5) is 17.6. The molecule has 0 radical (unpaired) electrons. The van der Waals surface area contributed by atoms with Crippen molar-refractivity contribution in [2.45, 2.75) is 0 Å². The Hall–Kier alpha value is -2.81. The fourth-order valence-corrected chi connectivity index (χ4v) is 1.24. The van der Waals surface area contributed by atoms with E-state index in [9.17, 15) is 13.6 Å². The molecule has 0 atom stereocenters. The molecule has 1 N–H and O–H groups in total. The van der Waals surface area contributed by atoms with Gasteiger partial charge in [-0.15, -0.1) is 0 Å². The van der Waals surface area contributed by atoms with Crippen LogP contribution in [0.4, 0.5) is 8.78 Å². The number of rotatable bonds is 1. The van der Waals surface area contributed by atoms with Gasteiger partial charge in [-0.05, 0) is 18.2 Å². The van der Waals surface area contributed by atoms with Gasteiger partial charge in [0.1, 0.15) is 11.6 Å². The summed E-state index contributed by atoms with van der Waals surface area (Å²) in [5, 5.41) is 8.60. The maximum Gasteiger partial charge on any atom is 0.373 e. The Kier molecular flexibility index (Phi) is 3.48.